The molecule has 0 saturated heterocycles. The Morgan fingerprint density at radius 3 is 2.39 bits per heavy atom. The molecular weight excluding hydrogens is 230 g/mol. The molecule has 104 valence electrons. The molecule has 0 bridgehead atoms. The highest BCUT2D eigenvalue weighted by atomic mass is 16.5. The van der Waals surface area contributed by atoms with Crippen LogP contribution in [0.4, 0.5) is 0 Å². The van der Waals surface area contributed by atoms with Gasteiger partial charge in [0.05, 0.1) is 19.1 Å². The maximum absolute atomic E-state index is 11.4. The van der Waals surface area contributed by atoms with Crippen LogP contribution in [0.1, 0.15) is 51.4 Å². The van der Waals surface area contributed by atoms with Crippen LogP contribution in [0.3, 0.4) is 0 Å². The lowest BCUT2D eigenvalue weighted by molar-refractivity contribution is -0.146. The van der Waals surface area contributed by atoms with Gasteiger partial charge in [-0.05, 0) is 38.5 Å². The lowest BCUT2D eigenvalue weighted by Gasteiger charge is -2.35. The van der Waals surface area contributed by atoms with E-state index in [2.05, 4.69) is 5.32 Å². The molecule has 0 spiro atoms. The quantitative estimate of drug-likeness (QED) is 0.752. The largest absolute Gasteiger partial charge is 0.469 e. The van der Waals surface area contributed by atoms with Gasteiger partial charge in [0.25, 0.3) is 0 Å². The minimum Gasteiger partial charge on any atom is -0.469 e. The number of hydrogen-bond donors (Lipinski definition) is 2. The number of aliphatic hydroxyl groups is 1. The summed E-state index contributed by atoms with van der Waals surface area (Å²) in [4.78, 5) is 11.4. The number of carbonyl (C=O) groups excluding carboxylic acids is 1. The van der Waals surface area contributed by atoms with Crippen LogP contribution >= 0.6 is 0 Å². The van der Waals surface area contributed by atoms with Crippen LogP contribution in [-0.2, 0) is 9.53 Å². The van der Waals surface area contributed by atoms with Crippen LogP contribution in [0.25, 0.3) is 0 Å². The van der Waals surface area contributed by atoms with Crippen molar-refractivity contribution in [3.8, 4) is 0 Å². The predicted octanol–water partition coefficient (Wildman–Crippen LogP) is 1.61. The smallest absolute Gasteiger partial charge is 0.308 e. The third-order valence-corrected chi connectivity index (χ3v) is 4.44. The molecule has 2 fully saturated rings. The van der Waals surface area contributed by atoms with Gasteiger partial charge in [-0.25, -0.2) is 0 Å². The highest BCUT2D eigenvalue weighted by Crippen LogP contribution is 2.27. The van der Waals surface area contributed by atoms with Gasteiger partial charge in [0.15, 0.2) is 0 Å². The topological polar surface area (TPSA) is 58.6 Å². The summed E-state index contributed by atoms with van der Waals surface area (Å²) in [5.41, 5.74) is 0. The average molecular weight is 255 g/mol. The summed E-state index contributed by atoms with van der Waals surface area (Å²) in [6.45, 7) is 0. The highest BCUT2D eigenvalue weighted by Gasteiger charge is 2.30. The predicted molar refractivity (Wildman–Crippen MR) is 69.2 cm³/mol. The minimum atomic E-state index is -0.183. The summed E-state index contributed by atoms with van der Waals surface area (Å²) in [5.74, 6) is 0.0236. The number of nitrogens with one attached hydrogen (secondary N) is 1. The van der Waals surface area contributed by atoms with Crippen molar-refractivity contribution in [3.05, 3.63) is 0 Å². The summed E-state index contributed by atoms with van der Waals surface area (Å²) in [6.07, 6.45) is 8.04. The summed E-state index contributed by atoms with van der Waals surface area (Å²) in [5, 5.41) is 13.5. The molecule has 0 aliphatic heterocycles. The molecule has 0 heterocycles. The van der Waals surface area contributed by atoms with Crippen molar-refractivity contribution in [1.82, 2.24) is 5.32 Å². The molecule has 2 aliphatic rings. The molecule has 2 atom stereocenters. The standard InChI is InChI=1S/C14H25NO3/c1-18-14(17)10-6-8-11(9-7-10)15-12-4-2-3-5-13(12)16/h10-13,15-16H,2-9H2,1H3. The van der Waals surface area contributed by atoms with Gasteiger partial charge in [0, 0.05) is 12.1 Å². The molecule has 4 heteroatoms. The Hall–Kier alpha value is -0.610. The van der Waals surface area contributed by atoms with Crippen molar-refractivity contribution in [2.24, 2.45) is 5.92 Å². The molecular formula is C14H25NO3. The van der Waals surface area contributed by atoms with Crippen LogP contribution in [0.5, 0.6) is 0 Å². The molecule has 0 amide bonds. The first-order chi connectivity index (χ1) is 8.70. The molecule has 2 unspecified atom stereocenters. The van der Waals surface area contributed by atoms with E-state index in [1.165, 1.54) is 13.5 Å². The Kier molecular flexibility index (Phi) is 5.01. The fraction of sp³-hybridized carbons (Fsp3) is 0.929. The van der Waals surface area contributed by atoms with E-state index in [0.29, 0.717) is 6.04 Å². The number of hydrogen-bond acceptors (Lipinski definition) is 4. The Morgan fingerprint density at radius 1 is 1.11 bits per heavy atom. The number of esters is 1. The normalized spacial score (nSPS) is 37.2. The van der Waals surface area contributed by atoms with Crippen LogP contribution in [0.15, 0.2) is 0 Å². The Bertz CT molecular complexity index is 274. The van der Waals surface area contributed by atoms with Crippen LogP contribution < -0.4 is 5.32 Å². The molecule has 0 aromatic heterocycles. The van der Waals surface area contributed by atoms with Crippen molar-refractivity contribution in [3.63, 3.8) is 0 Å². The molecule has 0 radical (unpaired) electrons. The second kappa shape index (κ2) is 6.53. The summed E-state index contributed by atoms with van der Waals surface area (Å²) in [7, 11) is 1.46. The molecule has 18 heavy (non-hydrogen) atoms. The van der Waals surface area contributed by atoms with Crippen LogP contribution in [-0.4, -0.2) is 36.4 Å². The zero-order valence-electron chi connectivity index (χ0n) is 11.2. The van der Waals surface area contributed by atoms with E-state index in [1.807, 2.05) is 0 Å². The summed E-state index contributed by atoms with van der Waals surface area (Å²) >= 11 is 0. The van der Waals surface area contributed by atoms with E-state index < -0.39 is 0 Å². The maximum atomic E-state index is 11.4. The highest BCUT2D eigenvalue weighted by molar-refractivity contribution is 5.72. The van der Waals surface area contributed by atoms with Gasteiger partial charge in [-0.15, -0.1) is 0 Å². The number of ether oxygens (including phenoxy) is 1. The zero-order chi connectivity index (χ0) is 13.0. The summed E-state index contributed by atoms with van der Waals surface area (Å²) in [6, 6.07) is 0.724. The lowest BCUT2D eigenvalue weighted by atomic mass is 9.84. The molecule has 0 aromatic rings. The number of rotatable bonds is 3. The van der Waals surface area contributed by atoms with Crippen molar-refractivity contribution < 1.29 is 14.6 Å². The van der Waals surface area contributed by atoms with Crippen LogP contribution in [0, 0.1) is 5.92 Å². The molecule has 2 aliphatic carbocycles. The average Bonchev–Trinajstić information content (AvgIpc) is 2.41. The van der Waals surface area contributed by atoms with Crippen molar-refractivity contribution >= 4 is 5.97 Å². The summed E-state index contributed by atoms with van der Waals surface area (Å²) < 4.78 is 4.79. The molecule has 2 saturated carbocycles. The van der Waals surface area contributed by atoms with Gasteiger partial charge in [-0.1, -0.05) is 12.8 Å². The van der Waals surface area contributed by atoms with E-state index >= 15 is 0 Å². The van der Waals surface area contributed by atoms with Crippen LogP contribution in [0.2, 0.25) is 0 Å². The second-order valence-corrected chi connectivity index (χ2v) is 5.70. The monoisotopic (exact) mass is 255 g/mol. The van der Waals surface area contributed by atoms with E-state index in [0.717, 1.165) is 44.9 Å². The first-order valence-corrected chi connectivity index (χ1v) is 7.22. The first-order valence-electron chi connectivity index (χ1n) is 7.22. The van der Waals surface area contributed by atoms with E-state index in [1.54, 1.807) is 0 Å². The second-order valence-electron chi connectivity index (χ2n) is 5.70. The third-order valence-electron chi connectivity index (χ3n) is 4.44. The van der Waals surface area contributed by atoms with E-state index in [9.17, 15) is 9.90 Å². The number of carbonyl (C=O) groups is 1. The van der Waals surface area contributed by atoms with E-state index in [-0.39, 0.29) is 24.0 Å². The molecule has 0 aromatic carbocycles. The molecule has 2 N–H and O–H groups in total. The SMILES string of the molecule is COC(=O)C1CCC(NC2CCCCC2O)CC1. The zero-order valence-corrected chi connectivity index (χ0v) is 11.2. The minimum absolute atomic E-state index is 0.0637. The lowest BCUT2D eigenvalue weighted by Crippen LogP contribution is -2.48. The van der Waals surface area contributed by atoms with Gasteiger partial charge < -0.3 is 15.2 Å². The Balaban J connectivity index is 1.74. The van der Waals surface area contributed by atoms with Gasteiger partial charge in [-0.2, -0.15) is 0 Å². The van der Waals surface area contributed by atoms with Gasteiger partial charge in [0.2, 0.25) is 0 Å². The Labute approximate surface area is 109 Å². The van der Waals surface area contributed by atoms with Crippen molar-refractivity contribution in [2.45, 2.75) is 69.6 Å². The number of aliphatic hydroxyl groups excluding tert-OH is 1. The van der Waals surface area contributed by atoms with Gasteiger partial charge in [0.1, 0.15) is 0 Å². The molecule has 2 rings (SSSR count). The van der Waals surface area contributed by atoms with Crippen molar-refractivity contribution in [2.75, 3.05) is 7.11 Å². The first kappa shape index (κ1) is 13.8. The molecule has 4 nitrogen and oxygen atoms in total. The fourth-order valence-electron chi connectivity index (χ4n) is 3.27. The maximum Gasteiger partial charge on any atom is 0.308 e. The number of methoxy groups -OCH3 is 1. The van der Waals surface area contributed by atoms with Crippen molar-refractivity contribution in [1.29, 1.82) is 0 Å². The van der Waals surface area contributed by atoms with Gasteiger partial charge in [-0.3, -0.25) is 4.79 Å². The third kappa shape index (κ3) is 3.45. The Morgan fingerprint density at radius 2 is 1.78 bits per heavy atom. The fourth-order valence-corrected chi connectivity index (χ4v) is 3.27. The van der Waals surface area contributed by atoms with E-state index in [4.69, 9.17) is 4.74 Å². The van der Waals surface area contributed by atoms with Gasteiger partial charge >= 0.3 is 5.97 Å².